The first kappa shape index (κ1) is 24.7. The summed E-state index contributed by atoms with van der Waals surface area (Å²) in [5, 5.41) is 1.21. The number of aromatic nitrogens is 1. The van der Waals surface area contributed by atoms with Crippen LogP contribution in [0, 0.1) is 12.8 Å². The molecule has 1 aromatic heterocycles. The number of morpholine rings is 1. The minimum Gasteiger partial charge on any atom is -0.490 e. The highest BCUT2D eigenvalue weighted by molar-refractivity contribution is 5.83. The van der Waals surface area contributed by atoms with E-state index in [1.165, 1.54) is 10.9 Å². The molecule has 3 aromatic rings. The van der Waals surface area contributed by atoms with E-state index >= 15 is 0 Å². The number of aryl methyl sites for hydroxylation is 1. The van der Waals surface area contributed by atoms with Crippen molar-refractivity contribution in [2.75, 3.05) is 39.5 Å². The Bertz CT molecular complexity index is 1200. The molecule has 7 nitrogen and oxygen atoms in total. The Morgan fingerprint density at radius 1 is 1.17 bits per heavy atom. The van der Waals surface area contributed by atoms with E-state index in [0.29, 0.717) is 45.4 Å². The summed E-state index contributed by atoms with van der Waals surface area (Å²) in [5.74, 6) is 2.00. The number of nitrogens with one attached hydrogen (secondary N) is 1. The maximum absolute atomic E-state index is 13.7. The minimum atomic E-state index is -0.471. The lowest BCUT2D eigenvalue weighted by atomic mass is 10.1. The quantitative estimate of drug-likeness (QED) is 0.526. The zero-order valence-corrected chi connectivity index (χ0v) is 21.6. The molecule has 0 bridgehead atoms. The molecular weight excluding hydrogens is 454 g/mol. The lowest BCUT2D eigenvalue weighted by Crippen LogP contribution is -2.51. The molecule has 192 valence electrons. The number of ether oxygens (including phenoxy) is 3. The molecule has 0 aliphatic carbocycles. The molecule has 2 aromatic carbocycles. The van der Waals surface area contributed by atoms with Crippen molar-refractivity contribution in [2.24, 2.45) is 5.92 Å². The number of fused-ring (bicyclic) bond motifs is 2. The second-order valence-corrected chi connectivity index (χ2v) is 10.4. The Labute approximate surface area is 213 Å². The molecular formula is C29H37N3O4. The second-order valence-electron chi connectivity index (χ2n) is 10.4. The van der Waals surface area contributed by atoms with Gasteiger partial charge in [-0.15, -0.1) is 0 Å². The Morgan fingerprint density at radius 2 is 2.03 bits per heavy atom. The normalized spacial score (nSPS) is 18.4. The number of rotatable bonds is 7. The minimum absolute atomic E-state index is 0.0521. The van der Waals surface area contributed by atoms with Gasteiger partial charge >= 0.3 is 0 Å². The van der Waals surface area contributed by atoms with Crippen molar-refractivity contribution < 1.29 is 19.0 Å². The number of hydrogen-bond acceptors (Lipinski definition) is 5. The maximum Gasteiger partial charge on any atom is 0.253 e. The van der Waals surface area contributed by atoms with E-state index in [0.717, 1.165) is 47.7 Å². The van der Waals surface area contributed by atoms with Crippen LogP contribution in [0.4, 0.5) is 0 Å². The first-order valence-corrected chi connectivity index (χ1v) is 13.0. The van der Waals surface area contributed by atoms with E-state index in [2.05, 4.69) is 54.1 Å². The topological polar surface area (TPSA) is 67.0 Å². The van der Waals surface area contributed by atoms with Crippen molar-refractivity contribution >= 4 is 16.8 Å². The second kappa shape index (κ2) is 10.9. The molecule has 2 aliphatic rings. The summed E-state index contributed by atoms with van der Waals surface area (Å²) < 4.78 is 17.9. The highest BCUT2D eigenvalue weighted by Gasteiger charge is 2.31. The largest absolute Gasteiger partial charge is 0.490 e. The summed E-state index contributed by atoms with van der Waals surface area (Å²) in [6.07, 6.45) is 2.38. The molecule has 0 saturated carbocycles. The van der Waals surface area contributed by atoms with Gasteiger partial charge in [-0.2, -0.15) is 0 Å². The first-order valence-electron chi connectivity index (χ1n) is 13.0. The number of hydrogen-bond donors (Lipinski definition) is 1. The number of para-hydroxylation sites is 1. The molecule has 2 aliphatic heterocycles. The number of aromatic amines is 1. The fourth-order valence-corrected chi connectivity index (χ4v) is 5.23. The molecule has 1 N–H and O–H groups in total. The molecule has 1 atom stereocenters. The number of carbonyl (C=O) groups excluding carboxylic acids is 1. The molecule has 1 amide bonds. The molecule has 1 saturated heterocycles. The summed E-state index contributed by atoms with van der Waals surface area (Å²) in [6.45, 7) is 11.6. The highest BCUT2D eigenvalue weighted by atomic mass is 16.5. The Hall–Kier alpha value is -3.03. The average Bonchev–Trinajstić information content (AvgIpc) is 3.22. The molecule has 1 fully saturated rings. The van der Waals surface area contributed by atoms with E-state index in [-0.39, 0.29) is 5.91 Å². The zero-order valence-electron chi connectivity index (χ0n) is 21.6. The third kappa shape index (κ3) is 5.52. The first-order chi connectivity index (χ1) is 17.5. The fraction of sp³-hybridized carbons (Fsp3) is 0.483. The smallest absolute Gasteiger partial charge is 0.253 e. The van der Waals surface area contributed by atoms with Gasteiger partial charge in [-0.25, -0.2) is 0 Å². The summed E-state index contributed by atoms with van der Waals surface area (Å²) >= 11 is 0. The van der Waals surface area contributed by atoms with Crippen LogP contribution in [-0.2, 0) is 22.6 Å². The van der Waals surface area contributed by atoms with Crippen molar-refractivity contribution in [1.82, 2.24) is 14.8 Å². The molecule has 36 heavy (non-hydrogen) atoms. The van der Waals surface area contributed by atoms with Crippen molar-refractivity contribution in [1.29, 1.82) is 0 Å². The highest BCUT2D eigenvalue weighted by Crippen LogP contribution is 2.35. The van der Waals surface area contributed by atoms with E-state index in [4.69, 9.17) is 14.2 Å². The third-order valence-electron chi connectivity index (χ3n) is 6.86. The monoisotopic (exact) mass is 491 g/mol. The van der Waals surface area contributed by atoms with Crippen molar-refractivity contribution in [2.45, 2.75) is 46.4 Å². The van der Waals surface area contributed by atoms with Crippen LogP contribution in [-0.4, -0.2) is 66.2 Å². The van der Waals surface area contributed by atoms with Gasteiger partial charge < -0.3 is 24.1 Å². The fourth-order valence-electron chi connectivity index (χ4n) is 5.23. The zero-order chi connectivity index (χ0) is 25.1. The van der Waals surface area contributed by atoms with E-state index < -0.39 is 6.10 Å². The number of benzene rings is 2. The Balaban J connectivity index is 1.30. The van der Waals surface area contributed by atoms with Crippen molar-refractivity contribution in [3.63, 3.8) is 0 Å². The van der Waals surface area contributed by atoms with Gasteiger partial charge in [0.05, 0.1) is 19.8 Å². The standard InChI is InChI=1S/C29H37N3O4/c1-20(2)16-32(17-22-14-21(3)28-25(15-22)34-11-5-12-36-28)29(33)26-19-31(10-13-35-26)18-24-7-4-6-23-8-9-30-27(23)24/h4,6-9,14-15,20,26,30H,5,10-13,16-19H2,1-3H3. The van der Waals surface area contributed by atoms with Gasteiger partial charge in [-0.1, -0.05) is 38.1 Å². The maximum atomic E-state index is 13.7. The summed E-state index contributed by atoms with van der Waals surface area (Å²) in [7, 11) is 0. The molecule has 0 spiro atoms. The van der Waals surface area contributed by atoms with Crippen molar-refractivity contribution in [3.8, 4) is 11.5 Å². The SMILES string of the molecule is Cc1cc(CN(CC(C)C)C(=O)C2CN(Cc3cccc4cc[nH]c34)CCO2)cc2c1OCCCO2. The van der Waals surface area contributed by atoms with Gasteiger partial charge in [-0.3, -0.25) is 9.69 Å². The van der Waals surface area contributed by atoms with Crippen LogP contribution in [0.25, 0.3) is 10.9 Å². The van der Waals surface area contributed by atoms with E-state index in [9.17, 15) is 4.79 Å². The number of amides is 1. The molecule has 3 heterocycles. The lowest BCUT2D eigenvalue weighted by molar-refractivity contribution is -0.151. The predicted octanol–water partition coefficient (Wildman–Crippen LogP) is 4.52. The predicted molar refractivity (Wildman–Crippen MR) is 140 cm³/mol. The number of carbonyl (C=O) groups is 1. The van der Waals surface area contributed by atoms with E-state index in [1.807, 2.05) is 24.1 Å². The number of H-pyrrole nitrogens is 1. The van der Waals surface area contributed by atoms with E-state index in [1.54, 1.807) is 0 Å². The summed E-state index contributed by atoms with van der Waals surface area (Å²) in [6, 6.07) is 12.6. The van der Waals surface area contributed by atoms with Gasteiger partial charge in [0.15, 0.2) is 11.5 Å². The number of nitrogens with zero attached hydrogens (tertiary/aromatic N) is 2. The molecule has 5 rings (SSSR count). The molecule has 1 unspecified atom stereocenters. The Morgan fingerprint density at radius 3 is 2.89 bits per heavy atom. The van der Waals surface area contributed by atoms with Gasteiger partial charge in [-0.05, 0) is 47.1 Å². The van der Waals surface area contributed by atoms with Gasteiger partial charge in [0, 0.05) is 50.9 Å². The van der Waals surface area contributed by atoms with Gasteiger partial charge in [0.1, 0.15) is 6.10 Å². The molecule has 0 radical (unpaired) electrons. The van der Waals surface area contributed by atoms with Gasteiger partial charge in [0.2, 0.25) is 0 Å². The summed E-state index contributed by atoms with van der Waals surface area (Å²) in [5.41, 5.74) is 4.50. The lowest BCUT2D eigenvalue weighted by Gasteiger charge is -2.35. The average molecular weight is 492 g/mol. The third-order valence-corrected chi connectivity index (χ3v) is 6.86. The van der Waals surface area contributed by atoms with Crippen LogP contribution in [0.1, 0.15) is 37.0 Å². The van der Waals surface area contributed by atoms with Crippen LogP contribution in [0.5, 0.6) is 11.5 Å². The van der Waals surface area contributed by atoms with Crippen molar-refractivity contribution in [3.05, 3.63) is 59.3 Å². The van der Waals surface area contributed by atoms with Gasteiger partial charge in [0.25, 0.3) is 5.91 Å². The van der Waals surface area contributed by atoms with Crippen LogP contribution >= 0.6 is 0 Å². The van der Waals surface area contributed by atoms with Crippen LogP contribution in [0.15, 0.2) is 42.6 Å². The van der Waals surface area contributed by atoms with Crippen LogP contribution < -0.4 is 9.47 Å². The molecule has 7 heteroatoms. The summed E-state index contributed by atoms with van der Waals surface area (Å²) in [4.78, 5) is 21.4. The van der Waals surface area contributed by atoms with Crippen LogP contribution in [0.3, 0.4) is 0 Å². The van der Waals surface area contributed by atoms with Crippen LogP contribution in [0.2, 0.25) is 0 Å². The Kier molecular flexibility index (Phi) is 7.48.